The van der Waals surface area contributed by atoms with Crippen LogP contribution in [0, 0.1) is 10.1 Å². The molecule has 104 valence electrons. The summed E-state index contributed by atoms with van der Waals surface area (Å²) >= 11 is 3.17. The molecule has 0 atom stereocenters. The van der Waals surface area contributed by atoms with Crippen molar-refractivity contribution in [3.8, 4) is 0 Å². The number of carbonyl (C=O) groups is 1. The van der Waals surface area contributed by atoms with Crippen LogP contribution in [0.5, 0.6) is 0 Å². The van der Waals surface area contributed by atoms with Gasteiger partial charge >= 0.3 is 0 Å². The smallest absolute Gasteiger partial charge is 0.270 e. The second-order valence-electron chi connectivity index (χ2n) is 3.93. The highest BCUT2D eigenvalue weighted by atomic mass is 79.9. The van der Waals surface area contributed by atoms with Crippen molar-refractivity contribution < 1.29 is 9.72 Å². The molecule has 0 unspecified atom stereocenters. The van der Waals surface area contributed by atoms with Gasteiger partial charge in [-0.1, -0.05) is 6.92 Å². The molecule has 0 aliphatic rings. The normalized spacial score (nSPS) is 10.2. The third kappa shape index (κ3) is 4.96. The molecular weight excluding hydrogens is 314 g/mol. The summed E-state index contributed by atoms with van der Waals surface area (Å²) in [5.41, 5.74) is 0.342. The zero-order valence-electron chi connectivity index (χ0n) is 10.6. The lowest BCUT2D eigenvalue weighted by Gasteiger charge is -2.07. The van der Waals surface area contributed by atoms with Crippen molar-refractivity contribution in [2.24, 2.45) is 0 Å². The van der Waals surface area contributed by atoms with Gasteiger partial charge in [-0.15, -0.1) is 0 Å². The van der Waals surface area contributed by atoms with Gasteiger partial charge in [-0.05, 0) is 35.0 Å². The van der Waals surface area contributed by atoms with Crippen LogP contribution in [0.25, 0.3) is 0 Å². The van der Waals surface area contributed by atoms with Crippen LogP contribution in [0.2, 0.25) is 0 Å². The largest absolute Gasteiger partial charge is 0.351 e. The number of nitrogens with one attached hydrogen (secondary N) is 2. The number of carbonyl (C=O) groups excluding carboxylic acids is 1. The van der Waals surface area contributed by atoms with Crippen molar-refractivity contribution in [1.29, 1.82) is 0 Å². The van der Waals surface area contributed by atoms with Crippen molar-refractivity contribution >= 4 is 27.5 Å². The Bertz CT molecular complexity index is 466. The van der Waals surface area contributed by atoms with Crippen LogP contribution in [0.3, 0.4) is 0 Å². The lowest BCUT2D eigenvalue weighted by molar-refractivity contribution is -0.384. The van der Waals surface area contributed by atoms with Gasteiger partial charge in [0.2, 0.25) is 0 Å². The molecule has 0 aliphatic heterocycles. The first-order chi connectivity index (χ1) is 9.06. The summed E-state index contributed by atoms with van der Waals surface area (Å²) < 4.78 is 0.417. The lowest BCUT2D eigenvalue weighted by Crippen LogP contribution is -2.32. The van der Waals surface area contributed by atoms with Crippen molar-refractivity contribution in [2.45, 2.75) is 13.3 Å². The second-order valence-corrected chi connectivity index (χ2v) is 4.78. The Morgan fingerprint density at radius 2 is 2.11 bits per heavy atom. The van der Waals surface area contributed by atoms with E-state index in [0.29, 0.717) is 23.1 Å². The molecule has 0 bridgehead atoms. The predicted molar refractivity (Wildman–Crippen MR) is 76.3 cm³/mol. The Hall–Kier alpha value is -1.47. The first-order valence-corrected chi connectivity index (χ1v) is 6.78. The zero-order valence-corrected chi connectivity index (χ0v) is 12.2. The van der Waals surface area contributed by atoms with E-state index < -0.39 is 4.92 Å². The van der Waals surface area contributed by atoms with E-state index in [0.717, 1.165) is 13.0 Å². The minimum absolute atomic E-state index is 0.0481. The molecule has 6 nitrogen and oxygen atoms in total. The summed E-state index contributed by atoms with van der Waals surface area (Å²) in [7, 11) is 0. The molecule has 0 aliphatic carbocycles. The summed E-state index contributed by atoms with van der Waals surface area (Å²) in [5, 5.41) is 16.5. The van der Waals surface area contributed by atoms with Gasteiger partial charge in [0.15, 0.2) is 0 Å². The van der Waals surface area contributed by atoms with E-state index in [1.165, 1.54) is 18.2 Å². The van der Waals surface area contributed by atoms with Crippen LogP contribution >= 0.6 is 15.9 Å². The molecule has 2 N–H and O–H groups in total. The number of hydrogen-bond donors (Lipinski definition) is 2. The average molecular weight is 330 g/mol. The molecule has 0 aromatic heterocycles. The summed E-state index contributed by atoms with van der Waals surface area (Å²) in [6.45, 7) is 4.20. The molecule has 1 aromatic rings. The van der Waals surface area contributed by atoms with Gasteiger partial charge in [0.1, 0.15) is 0 Å². The van der Waals surface area contributed by atoms with Gasteiger partial charge in [-0.2, -0.15) is 0 Å². The third-order valence-electron chi connectivity index (χ3n) is 2.42. The number of rotatable bonds is 7. The average Bonchev–Trinajstić information content (AvgIpc) is 2.38. The Morgan fingerprint density at radius 1 is 1.37 bits per heavy atom. The fourth-order valence-corrected chi connectivity index (χ4v) is 2.01. The molecule has 1 amide bonds. The van der Waals surface area contributed by atoms with Crippen LogP contribution in [0.15, 0.2) is 22.7 Å². The van der Waals surface area contributed by atoms with Crippen LogP contribution < -0.4 is 10.6 Å². The Kier molecular flexibility index (Phi) is 6.44. The van der Waals surface area contributed by atoms with Gasteiger partial charge < -0.3 is 10.6 Å². The number of hydrogen-bond acceptors (Lipinski definition) is 4. The number of non-ortho nitro benzene ring substituents is 1. The highest BCUT2D eigenvalue weighted by molar-refractivity contribution is 9.10. The molecule has 0 spiro atoms. The minimum Gasteiger partial charge on any atom is -0.351 e. The van der Waals surface area contributed by atoms with Crippen LogP contribution in [0.1, 0.15) is 23.7 Å². The highest BCUT2D eigenvalue weighted by Crippen LogP contribution is 2.22. The van der Waals surface area contributed by atoms with E-state index in [2.05, 4.69) is 33.5 Å². The summed E-state index contributed by atoms with van der Waals surface area (Å²) in [4.78, 5) is 21.9. The third-order valence-corrected chi connectivity index (χ3v) is 3.08. The molecule has 0 heterocycles. The van der Waals surface area contributed by atoms with Crippen molar-refractivity contribution in [3.63, 3.8) is 0 Å². The number of halogens is 1. The number of benzene rings is 1. The van der Waals surface area contributed by atoms with E-state index in [9.17, 15) is 14.9 Å². The Balaban J connectivity index is 2.55. The Labute approximate surface area is 119 Å². The van der Waals surface area contributed by atoms with E-state index in [1.807, 2.05) is 0 Å². The van der Waals surface area contributed by atoms with Crippen molar-refractivity contribution in [1.82, 2.24) is 10.6 Å². The maximum Gasteiger partial charge on any atom is 0.270 e. The molecule has 19 heavy (non-hydrogen) atoms. The molecule has 7 heteroatoms. The van der Waals surface area contributed by atoms with Gasteiger partial charge in [0.05, 0.1) is 10.5 Å². The fourth-order valence-electron chi connectivity index (χ4n) is 1.46. The maximum absolute atomic E-state index is 11.8. The summed E-state index contributed by atoms with van der Waals surface area (Å²) in [5.74, 6) is -0.250. The topological polar surface area (TPSA) is 84.3 Å². The van der Waals surface area contributed by atoms with E-state index in [-0.39, 0.29) is 11.6 Å². The first-order valence-electron chi connectivity index (χ1n) is 5.99. The lowest BCUT2D eigenvalue weighted by atomic mass is 10.2. The maximum atomic E-state index is 11.8. The highest BCUT2D eigenvalue weighted by Gasteiger charge is 2.13. The Morgan fingerprint density at radius 3 is 2.68 bits per heavy atom. The molecule has 1 aromatic carbocycles. The molecule has 0 saturated heterocycles. The van der Waals surface area contributed by atoms with Gasteiger partial charge in [-0.25, -0.2) is 0 Å². The quantitative estimate of drug-likeness (QED) is 0.455. The molecule has 1 rings (SSSR count). The summed E-state index contributed by atoms with van der Waals surface area (Å²) in [6, 6.07) is 4.08. The first kappa shape index (κ1) is 15.6. The van der Waals surface area contributed by atoms with E-state index in [4.69, 9.17) is 0 Å². The van der Waals surface area contributed by atoms with Crippen molar-refractivity contribution in [3.05, 3.63) is 38.3 Å². The number of nitrogens with zero attached hydrogens (tertiary/aromatic N) is 1. The van der Waals surface area contributed by atoms with E-state index >= 15 is 0 Å². The fraction of sp³-hybridized carbons (Fsp3) is 0.417. The second kappa shape index (κ2) is 7.85. The minimum atomic E-state index is -0.499. The number of amides is 1. The van der Waals surface area contributed by atoms with Gasteiger partial charge in [0, 0.05) is 29.7 Å². The molecule has 0 radical (unpaired) electrons. The SMILES string of the molecule is CCCNCCNC(=O)c1ccc([N+](=O)[O-])cc1Br. The molecule has 0 saturated carbocycles. The van der Waals surface area contributed by atoms with Gasteiger partial charge in [-0.3, -0.25) is 14.9 Å². The van der Waals surface area contributed by atoms with Crippen LogP contribution in [-0.2, 0) is 0 Å². The van der Waals surface area contributed by atoms with Crippen molar-refractivity contribution in [2.75, 3.05) is 19.6 Å². The molecule has 0 fully saturated rings. The standard InChI is InChI=1S/C12H16BrN3O3/c1-2-5-14-6-7-15-12(17)10-4-3-9(16(18)19)8-11(10)13/h3-4,8,14H,2,5-7H2,1H3,(H,15,17). The monoisotopic (exact) mass is 329 g/mol. The molecular formula is C12H16BrN3O3. The van der Waals surface area contributed by atoms with E-state index in [1.54, 1.807) is 0 Å². The van der Waals surface area contributed by atoms with Gasteiger partial charge in [0.25, 0.3) is 11.6 Å². The zero-order chi connectivity index (χ0) is 14.3. The van der Waals surface area contributed by atoms with Crippen LogP contribution in [0.4, 0.5) is 5.69 Å². The number of nitro benzene ring substituents is 1. The van der Waals surface area contributed by atoms with Crippen LogP contribution in [-0.4, -0.2) is 30.5 Å². The number of nitro groups is 1. The predicted octanol–water partition coefficient (Wildman–Crippen LogP) is 2.09. The summed E-state index contributed by atoms with van der Waals surface area (Å²) in [6.07, 6.45) is 1.04.